The number of nitrogens with one attached hydrogen (secondary N) is 1. The molecule has 1 amide bonds. The molecule has 0 radical (unpaired) electrons. The molecule has 1 saturated heterocycles. The molecule has 0 atom stereocenters. The fourth-order valence-electron chi connectivity index (χ4n) is 3.20. The van der Waals surface area contributed by atoms with Gasteiger partial charge in [-0.1, -0.05) is 24.3 Å². The van der Waals surface area contributed by atoms with Crippen molar-refractivity contribution in [3.05, 3.63) is 59.7 Å². The summed E-state index contributed by atoms with van der Waals surface area (Å²) >= 11 is 0. The van der Waals surface area contributed by atoms with Gasteiger partial charge >= 0.3 is 0 Å². The summed E-state index contributed by atoms with van der Waals surface area (Å²) in [6.45, 7) is 5.09. The predicted octanol–water partition coefficient (Wildman–Crippen LogP) is 1.26. The van der Waals surface area contributed by atoms with Crippen LogP contribution in [0.25, 0.3) is 0 Å². The van der Waals surface area contributed by atoms with E-state index in [1.807, 2.05) is 18.2 Å². The first-order valence-electron chi connectivity index (χ1n) is 9.21. The van der Waals surface area contributed by atoms with Gasteiger partial charge in [0.05, 0.1) is 11.3 Å². The largest absolute Gasteiger partial charge is 0.326 e. The third-order valence-corrected chi connectivity index (χ3v) is 5.76. The van der Waals surface area contributed by atoms with Crippen LogP contribution in [0.4, 0.5) is 5.69 Å². The van der Waals surface area contributed by atoms with E-state index in [-0.39, 0.29) is 17.2 Å². The maximum absolute atomic E-state index is 12.3. The first-order chi connectivity index (χ1) is 13.3. The fourth-order valence-corrected chi connectivity index (χ4v) is 3.71. The number of hydrogen-bond donors (Lipinski definition) is 2. The molecule has 2 aromatic rings. The maximum Gasteiger partial charge on any atom is 0.238 e. The minimum Gasteiger partial charge on any atom is -0.326 e. The minimum absolute atomic E-state index is 0.0354. The molecule has 8 heteroatoms. The Labute approximate surface area is 166 Å². The van der Waals surface area contributed by atoms with Crippen molar-refractivity contribution in [2.24, 2.45) is 5.14 Å². The second-order valence-electron chi connectivity index (χ2n) is 7.19. The molecular weight excluding hydrogens is 376 g/mol. The van der Waals surface area contributed by atoms with Crippen LogP contribution in [0.1, 0.15) is 11.1 Å². The lowest BCUT2D eigenvalue weighted by Gasteiger charge is -2.32. The van der Waals surface area contributed by atoms with E-state index in [0.717, 1.165) is 44.0 Å². The van der Waals surface area contributed by atoms with Crippen molar-refractivity contribution in [3.8, 4) is 0 Å². The van der Waals surface area contributed by atoms with Crippen LogP contribution in [-0.2, 0) is 27.8 Å². The molecular formula is C20H26N4O3S. The standard InChI is InChI=1S/C20H26N4O3S/c1-23-9-11-24(12-10-23)15-17-3-2-4-18(13-17)22-20(25)14-16-5-7-19(8-6-16)28(21,26)27/h2-8,13H,9-12,14-15H2,1H3,(H,22,25)(H2,21,26,27). The molecule has 150 valence electrons. The summed E-state index contributed by atoms with van der Waals surface area (Å²) in [6.07, 6.45) is 0.160. The van der Waals surface area contributed by atoms with Crippen LogP contribution in [0.3, 0.4) is 0 Å². The van der Waals surface area contributed by atoms with Crippen molar-refractivity contribution in [2.75, 3.05) is 38.5 Å². The lowest BCUT2D eigenvalue weighted by atomic mass is 10.1. The van der Waals surface area contributed by atoms with Gasteiger partial charge in [0.1, 0.15) is 0 Å². The summed E-state index contributed by atoms with van der Waals surface area (Å²) in [7, 11) is -1.59. The molecule has 2 aromatic carbocycles. The van der Waals surface area contributed by atoms with E-state index in [9.17, 15) is 13.2 Å². The summed E-state index contributed by atoms with van der Waals surface area (Å²) in [5, 5.41) is 8.00. The number of carbonyl (C=O) groups is 1. The zero-order valence-electron chi connectivity index (χ0n) is 16.0. The molecule has 1 heterocycles. The Morgan fingerprint density at radius 2 is 1.71 bits per heavy atom. The van der Waals surface area contributed by atoms with Gasteiger partial charge in [-0.2, -0.15) is 0 Å². The number of primary sulfonamides is 1. The Morgan fingerprint density at radius 3 is 2.36 bits per heavy atom. The number of carbonyl (C=O) groups excluding carboxylic acids is 1. The molecule has 0 saturated carbocycles. The van der Waals surface area contributed by atoms with E-state index in [0.29, 0.717) is 0 Å². The second kappa shape index (κ2) is 8.83. The Balaban J connectivity index is 1.56. The van der Waals surface area contributed by atoms with Gasteiger partial charge in [0.2, 0.25) is 15.9 Å². The van der Waals surface area contributed by atoms with E-state index in [1.54, 1.807) is 12.1 Å². The number of amides is 1. The minimum atomic E-state index is -3.72. The molecule has 1 fully saturated rings. The summed E-state index contributed by atoms with van der Waals surface area (Å²) < 4.78 is 22.6. The zero-order valence-corrected chi connectivity index (χ0v) is 16.8. The Morgan fingerprint density at radius 1 is 1.04 bits per heavy atom. The molecule has 1 aliphatic rings. The van der Waals surface area contributed by atoms with E-state index >= 15 is 0 Å². The molecule has 3 rings (SSSR count). The van der Waals surface area contributed by atoms with Gasteiger partial charge in [-0.05, 0) is 42.4 Å². The lowest BCUT2D eigenvalue weighted by molar-refractivity contribution is -0.115. The number of nitrogens with zero attached hydrogens (tertiary/aromatic N) is 2. The highest BCUT2D eigenvalue weighted by atomic mass is 32.2. The van der Waals surface area contributed by atoms with Crippen LogP contribution in [-0.4, -0.2) is 57.4 Å². The number of benzene rings is 2. The lowest BCUT2D eigenvalue weighted by Crippen LogP contribution is -2.43. The first-order valence-corrected chi connectivity index (χ1v) is 10.8. The molecule has 7 nitrogen and oxygen atoms in total. The maximum atomic E-state index is 12.3. The fraction of sp³-hybridized carbons (Fsp3) is 0.350. The number of likely N-dealkylation sites (N-methyl/N-ethyl adjacent to an activating group) is 1. The second-order valence-corrected chi connectivity index (χ2v) is 8.76. The van der Waals surface area contributed by atoms with Crippen LogP contribution in [0, 0.1) is 0 Å². The van der Waals surface area contributed by atoms with Crippen LogP contribution in [0.2, 0.25) is 0 Å². The van der Waals surface area contributed by atoms with Gasteiger partial charge in [0.15, 0.2) is 0 Å². The molecule has 1 aliphatic heterocycles. The number of piperazine rings is 1. The number of nitrogens with two attached hydrogens (primary N) is 1. The number of hydrogen-bond acceptors (Lipinski definition) is 5. The SMILES string of the molecule is CN1CCN(Cc2cccc(NC(=O)Cc3ccc(S(N)(=O)=O)cc3)c2)CC1. The molecule has 0 aliphatic carbocycles. The number of sulfonamides is 1. The van der Waals surface area contributed by atoms with Gasteiger partial charge < -0.3 is 10.2 Å². The molecule has 0 spiro atoms. The molecule has 0 aromatic heterocycles. The Kier molecular flexibility index (Phi) is 6.46. The molecule has 0 bridgehead atoms. The van der Waals surface area contributed by atoms with E-state index in [2.05, 4.69) is 28.2 Å². The molecule has 3 N–H and O–H groups in total. The number of anilines is 1. The third-order valence-electron chi connectivity index (χ3n) is 4.83. The van der Waals surface area contributed by atoms with Crippen molar-refractivity contribution < 1.29 is 13.2 Å². The van der Waals surface area contributed by atoms with Crippen LogP contribution >= 0.6 is 0 Å². The summed E-state index contributed by atoms with van der Waals surface area (Å²) in [4.78, 5) is 17.1. The average molecular weight is 403 g/mol. The highest BCUT2D eigenvalue weighted by Gasteiger charge is 2.14. The van der Waals surface area contributed by atoms with Crippen molar-refractivity contribution in [2.45, 2.75) is 17.9 Å². The monoisotopic (exact) mass is 402 g/mol. The number of rotatable bonds is 6. The smallest absolute Gasteiger partial charge is 0.238 e. The van der Waals surface area contributed by atoms with Crippen molar-refractivity contribution in [1.82, 2.24) is 9.80 Å². The summed E-state index contributed by atoms with van der Waals surface area (Å²) in [6, 6.07) is 13.9. The summed E-state index contributed by atoms with van der Waals surface area (Å²) in [5.74, 6) is -0.153. The van der Waals surface area contributed by atoms with E-state index in [1.165, 1.54) is 17.7 Å². The van der Waals surface area contributed by atoms with Gasteiger partial charge in [-0.15, -0.1) is 0 Å². The highest BCUT2D eigenvalue weighted by Crippen LogP contribution is 2.15. The average Bonchev–Trinajstić information content (AvgIpc) is 2.63. The topological polar surface area (TPSA) is 95.7 Å². The van der Waals surface area contributed by atoms with Gasteiger partial charge in [0, 0.05) is 38.4 Å². The summed E-state index contributed by atoms with van der Waals surface area (Å²) in [5.41, 5.74) is 2.65. The van der Waals surface area contributed by atoms with Gasteiger partial charge in [0.25, 0.3) is 0 Å². The van der Waals surface area contributed by atoms with Crippen LogP contribution in [0.5, 0.6) is 0 Å². The Bertz CT molecular complexity index is 921. The zero-order chi connectivity index (χ0) is 20.1. The van der Waals surface area contributed by atoms with Crippen molar-refractivity contribution in [3.63, 3.8) is 0 Å². The predicted molar refractivity (Wildman–Crippen MR) is 109 cm³/mol. The van der Waals surface area contributed by atoms with E-state index in [4.69, 9.17) is 5.14 Å². The first kappa shape index (κ1) is 20.5. The molecule has 28 heavy (non-hydrogen) atoms. The van der Waals surface area contributed by atoms with Crippen LogP contribution in [0.15, 0.2) is 53.4 Å². The normalized spacial score (nSPS) is 16.1. The van der Waals surface area contributed by atoms with Crippen molar-refractivity contribution >= 4 is 21.6 Å². The van der Waals surface area contributed by atoms with Crippen LogP contribution < -0.4 is 10.5 Å². The molecule has 0 unspecified atom stereocenters. The Hall–Kier alpha value is -2.26. The van der Waals surface area contributed by atoms with Gasteiger partial charge in [-0.25, -0.2) is 13.6 Å². The van der Waals surface area contributed by atoms with Gasteiger partial charge in [-0.3, -0.25) is 9.69 Å². The highest BCUT2D eigenvalue weighted by molar-refractivity contribution is 7.89. The third kappa shape index (κ3) is 5.87. The van der Waals surface area contributed by atoms with Crippen molar-refractivity contribution in [1.29, 1.82) is 0 Å². The van der Waals surface area contributed by atoms with E-state index < -0.39 is 10.0 Å². The quantitative estimate of drug-likeness (QED) is 0.759.